The fraction of sp³-hybridized carbons (Fsp3) is 0.333. The highest BCUT2D eigenvalue weighted by Crippen LogP contribution is 2.51. The molecule has 0 radical (unpaired) electrons. The molecule has 0 aromatic heterocycles. The quantitative estimate of drug-likeness (QED) is 0.714. The van der Waals surface area contributed by atoms with E-state index in [1.165, 1.54) is 0 Å². The number of carbonyl (C=O) groups is 1. The molecule has 2 aromatic carbocycles. The van der Waals surface area contributed by atoms with Crippen LogP contribution in [-0.2, 0) is 4.79 Å². The number of anilines is 1. The van der Waals surface area contributed by atoms with Crippen molar-refractivity contribution in [2.75, 3.05) is 19.0 Å². The van der Waals surface area contributed by atoms with E-state index in [4.69, 9.17) is 33.3 Å². The third-order valence-corrected chi connectivity index (χ3v) is 6.14. The van der Waals surface area contributed by atoms with Crippen molar-refractivity contribution >= 4 is 40.5 Å². The lowest BCUT2D eigenvalue weighted by molar-refractivity contribution is -0.149. The molecule has 3 atom stereocenters. The van der Waals surface area contributed by atoms with Crippen molar-refractivity contribution in [1.29, 1.82) is 0 Å². The Bertz CT molecular complexity index is 968. The minimum absolute atomic E-state index is 0.165. The van der Waals surface area contributed by atoms with Crippen molar-refractivity contribution in [3.8, 4) is 11.5 Å². The number of thiocarbonyl (C=S) groups is 1. The van der Waals surface area contributed by atoms with E-state index in [0.717, 1.165) is 5.56 Å². The lowest BCUT2D eigenvalue weighted by Gasteiger charge is -2.56. The van der Waals surface area contributed by atoms with Gasteiger partial charge in [0.2, 0.25) is 5.91 Å². The number of halogens is 1. The Morgan fingerprint density at radius 3 is 2.72 bits per heavy atom. The highest BCUT2D eigenvalue weighted by atomic mass is 35.5. The highest BCUT2D eigenvalue weighted by molar-refractivity contribution is 7.80. The van der Waals surface area contributed by atoms with Crippen LogP contribution in [0.15, 0.2) is 42.5 Å². The Kier molecular flexibility index (Phi) is 5.04. The highest BCUT2D eigenvalue weighted by Gasteiger charge is 2.58. The number of hydrogen-bond donors (Lipinski definition) is 2. The van der Waals surface area contributed by atoms with Gasteiger partial charge in [0.1, 0.15) is 5.92 Å². The average Bonchev–Trinajstić information content (AvgIpc) is 2.69. The van der Waals surface area contributed by atoms with Crippen LogP contribution in [0.2, 0.25) is 5.02 Å². The van der Waals surface area contributed by atoms with Crippen molar-refractivity contribution in [3.05, 3.63) is 53.1 Å². The van der Waals surface area contributed by atoms with Gasteiger partial charge in [0.25, 0.3) is 0 Å². The Labute approximate surface area is 180 Å². The summed E-state index contributed by atoms with van der Waals surface area (Å²) in [6.07, 6.45) is 0. The number of rotatable bonds is 4. The third kappa shape index (κ3) is 3.18. The lowest BCUT2D eigenvalue weighted by atomic mass is 9.78. The smallest absolute Gasteiger partial charge is 0.236 e. The van der Waals surface area contributed by atoms with Crippen LogP contribution in [0.25, 0.3) is 0 Å². The van der Waals surface area contributed by atoms with E-state index < -0.39 is 11.6 Å². The molecule has 8 heteroatoms. The molecule has 2 aromatic rings. The van der Waals surface area contributed by atoms with E-state index in [1.54, 1.807) is 31.4 Å². The first kappa shape index (κ1) is 19.8. The number of ether oxygens (including phenoxy) is 2. The first-order valence-corrected chi connectivity index (χ1v) is 10.2. The SMILES string of the molecule is CCN1C(=S)NC2c3cccc(OC)c3OC1(C)C2C(=O)Nc1ccc(Cl)cc1. The molecule has 2 N–H and O–H groups in total. The molecular formula is C21H22ClN3O3S. The van der Waals surface area contributed by atoms with Gasteiger partial charge in [-0.15, -0.1) is 0 Å². The van der Waals surface area contributed by atoms with Gasteiger partial charge in [-0.25, -0.2) is 0 Å². The van der Waals surface area contributed by atoms with Crippen molar-refractivity contribution in [2.24, 2.45) is 5.92 Å². The second-order valence-electron chi connectivity index (χ2n) is 7.18. The third-order valence-electron chi connectivity index (χ3n) is 5.55. The maximum Gasteiger partial charge on any atom is 0.236 e. The molecule has 2 aliphatic rings. The van der Waals surface area contributed by atoms with Gasteiger partial charge >= 0.3 is 0 Å². The molecule has 0 saturated carbocycles. The monoisotopic (exact) mass is 431 g/mol. The predicted octanol–water partition coefficient (Wildman–Crippen LogP) is 3.96. The minimum Gasteiger partial charge on any atom is -0.493 e. The largest absolute Gasteiger partial charge is 0.493 e. The Balaban J connectivity index is 1.78. The van der Waals surface area contributed by atoms with E-state index in [2.05, 4.69) is 10.6 Å². The molecule has 2 bridgehead atoms. The van der Waals surface area contributed by atoms with Gasteiger partial charge in [-0.2, -0.15) is 0 Å². The van der Waals surface area contributed by atoms with E-state index >= 15 is 0 Å². The summed E-state index contributed by atoms with van der Waals surface area (Å²) >= 11 is 11.5. The van der Waals surface area contributed by atoms with Crippen LogP contribution in [0.4, 0.5) is 5.69 Å². The van der Waals surface area contributed by atoms with E-state index in [1.807, 2.05) is 36.9 Å². The molecule has 1 amide bonds. The first-order valence-electron chi connectivity index (χ1n) is 9.39. The van der Waals surface area contributed by atoms with Crippen LogP contribution in [0.1, 0.15) is 25.5 Å². The summed E-state index contributed by atoms with van der Waals surface area (Å²) in [4.78, 5) is 15.3. The minimum atomic E-state index is -0.972. The zero-order valence-corrected chi connectivity index (χ0v) is 17.9. The molecule has 29 heavy (non-hydrogen) atoms. The van der Waals surface area contributed by atoms with Crippen molar-refractivity contribution in [2.45, 2.75) is 25.6 Å². The Morgan fingerprint density at radius 2 is 2.07 bits per heavy atom. The first-order chi connectivity index (χ1) is 13.9. The number of para-hydroxylation sites is 1. The van der Waals surface area contributed by atoms with Gasteiger partial charge in [0.05, 0.1) is 13.2 Å². The number of nitrogens with zero attached hydrogens (tertiary/aromatic N) is 1. The summed E-state index contributed by atoms with van der Waals surface area (Å²) in [7, 11) is 1.60. The van der Waals surface area contributed by atoms with Crippen LogP contribution in [0.3, 0.4) is 0 Å². The second-order valence-corrected chi connectivity index (χ2v) is 8.00. The summed E-state index contributed by atoms with van der Waals surface area (Å²) in [5, 5.41) is 7.51. The average molecular weight is 432 g/mol. The number of hydrogen-bond acceptors (Lipinski definition) is 4. The van der Waals surface area contributed by atoms with Crippen molar-refractivity contribution < 1.29 is 14.3 Å². The van der Waals surface area contributed by atoms with Gasteiger partial charge in [0.15, 0.2) is 22.3 Å². The standard InChI is InChI=1S/C21H22ClN3O3S/c1-4-25-20(29)24-17-14-6-5-7-15(27-3)18(14)28-21(25,2)16(17)19(26)23-13-10-8-12(22)9-11-13/h5-11,16-17H,4H2,1-3H3,(H,23,26)(H,24,29). The van der Waals surface area contributed by atoms with E-state index in [0.29, 0.717) is 33.9 Å². The van der Waals surface area contributed by atoms with Gasteiger partial charge in [-0.1, -0.05) is 23.7 Å². The van der Waals surface area contributed by atoms with Crippen LogP contribution < -0.4 is 20.1 Å². The number of amides is 1. The molecule has 4 rings (SSSR count). The van der Waals surface area contributed by atoms with Gasteiger partial charge < -0.3 is 25.0 Å². The lowest BCUT2D eigenvalue weighted by Crippen LogP contribution is -2.71. The van der Waals surface area contributed by atoms with E-state index in [-0.39, 0.29) is 11.9 Å². The topological polar surface area (TPSA) is 62.8 Å². The summed E-state index contributed by atoms with van der Waals surface area (Å²) in [6.45, 7) is 4.47. The summed E-state index contributed by atoms with van der Waals surface area (Å²) in [5.41, 5.74) is 0.541. The maximum absolute atomic E-state index is 13.4. The molecular weight excluding hydrogens is 410 g/mol. The molecule has 1 saturated heterocycles. The molecule has 6 nitrogen and oxygen atoms in total. The molecule has 0 spiro atoms. The summed E-state index contributed by atoms with van der Waals surface area (Å²) in [5.74, 6) is 0.540. The number of nitrogens with one attached hydrogen (secondary N) is 2. The molecule has 1 fully saturated rings. The van der Waals surface area contributed by atoms with Gasteiger partial charge in [-0.05, 0) is 56.4 Å². The zero-order chi connectivity index (χ0) is 20.8. The van der Waals surface area contributed by atoms with Gasteiger partial charge in [0, 0.05) is 22.8 Å². The molecule has 152 valence electrons. The molecule has 0 aliphatic carbocycles. The number of methoxy groups -OCH3 is 1. The van der Waals surface area contributed by atoms with Gasteiger partial charge in [-0.3, -0.25) is 4.79 Å². The Hall–Kier alpha value is -2.51. The molecule has 2 heterocycles. The predicted molar refractivity (Wildman–Crippen MR) is 116 cm³/mol. The summed E-state index contributed by atoms with van der Waals surface area (Å²) in [6, 6.07) is 12.3. The van der Waals surface area contributed by atoms with Crippen LogP contribution in [0.5, 0.6) is 11.5 Å². The zero-order valence-electron chi connectivity index (χ0n) is 16.4. The molecule has 3 unspecified atom stereocenters. The van der Waals surface area contributed by atoms with Crippen LogP contribution >= 0.6 is 23.8 Å². The fourth-order valence-corrected chi connectivity index (χ4v) is 4.77. The fourth-order valence-electron chi connectivity index (χ4n) is 4.21. The van der Waals surface area contributed by atoms with Crippen molar-refractivity contribution in [1.82, 2.24) is 10.2 Å². The Morgan fingerprint density at radius 1 is 1.34 bits per heavy atom. The second kappa shape index (κ2) is 7.39. The number of benzene rings is 2. The normalized spacial score (nSPS) is 24.8. The van der Waals surface area contributed by atoms with Crippen molar-refractivity contribution in [3.63, 3.8) is 0 Å². The summed E-state index contributed by atoms with van der Waals surface area (Å²) < 4.78 is 12.0. The maximum atomic E-state index is 13.4. The van der Waals surface area contributed by atoms with Crippen LogP contribution in [0, 0.1) is 5.92 Å². The molecule has 2 aliphatic heterocycles. The van der Waals surface area contributed by atoms with E-state index in [9.17, 15) is 4.79 Å². The van der Waals surface area contributed by atoms with Crippen LogP contribution in [-0.4, -0.2) is 35.3 Å². The number of carbonyl (C=O) groups excluding carboxylic acids is 1. The number of fused-ring (bicyclic) bond motifs is 4.